The first-order valence-corrected chi connectivity index (χ1v) is 37.2. The number of urea groups is 4. The van der Waals surface area contributed by atoms with Gasteiger partial charge in [-0.15, -0.1) is 0 Å². The first-order chi connectivity index (χ1) is 50.7. The van der Waals surface area contributed by atoms with E-state index < -0.39 is 0 Å². The summed E-state index contributed by atoms with van der Waals surface area (Å²) in [6, 6.07) is 45.0. The van der Waals surface area contributed by atoms with E-state index in [9.17, 15) is 28.8 Å². The molecule has 23 nitrogen and oxygen atoms in total. The highest BCUT2D eigenvalue weighted by Crippen LogP contribution is 2.29. The molecule has 0 saturated carbocycles. The lowest BCUT2D eigenvalue weighted by Crippen LogP contribution is -2.49. The molecule has 0 radical (unpaired) electrons. The van der Waals surface area contributed by atoms with Crippen LogP contribution in [0.2, 0.25) is 0 Å². The third kappa shape index (κ3) is 27.5. The maximum absolute atomic E-state index is 13.0. The predicted molar refractivity (Wildman–Crippen MR) is 442 cm³/mol. The van der Waals surface area contributed by atoms with Crippen LogP contribution in [0.5, 0.6) is 5.75 Å². The monoisotopic (exact) mass is 1620 g/mol. The highest BCUT2D eigenvalue weighted by Gasteiger charge is 2.34. The Kier molecular flexibility index (Phi) is 36.9. The van der Waals surface area contributed by atoms with E-state index in [-0.39, 0.29) is 89.8 Å². The molecule has 4 aliphatic heterocycles. The number of likely N-dealkylation sites (tertiary alicyclic amines) is 4. The van der Waals surface area contributed by atoms with Gasteiger partial charge in [-0.3, -0.25) is 9.59 Å². The molecule has 12 rings (SSSR count). The quantitative estimate of drug-likeness (QED) is 0.0590. The SMILES string of the molecule is C.C.C.C.C=C(C)N1CCC(N(Cc2ccco2)C(=O)Nc2ccc(OC)cc2)CC1.C=C(C)N1CCC(N(Cc2ccco2)C(=O)Nc2ccccc2Br)CC1.CC(=O)N1CCC(N(Cc2ccco2)C(=O)Nc2ccc(Br)cc2)CC1.CC(=O)N1CCC(N(Cc2ccco2)C(=O)Nc2cccc(C)c2)CC1. The number of allylic oxidation sites excluding steroid dienone is 2. The molecule has 4 aromatic carbocycles. The van der Waals surface area contributed by atoms with Gasteiger partial charge in [0.15, 0.2) is 0 Å². The second-order valence-electron chi connectivity index (χ2n) is 26.5. The van der Waals surface area contributed by atoms with Crippen molar-refractivity contribution in [2.75, 3.05) is 80.7 Å². The lowest BCUT2D eigenvalue weighted by atomic mass is 10.0. The molecule has 4 aliphatic rings. The van der Waals surface area contributed by atoms with E-state index >= 15 is 0 Å². The van der Waals surface area contributed by atoms with Crippen LogP contribution in [0.15, 0.2) is 222 Å². The van der Waals surface area contributed by atoms with Gasteiger partial charge in [-0.1, -0.05) is 83.1 Å². The van der Waals surface area contributed by atoms with E-state index in [1.807, 2.05) is 191 Å². The van der Waals surface area contributed by atoms with Crippen molar-refractivity contribution >= 4 is 90.5 Å². The number of nitrogens with one attached hydrogen (secondary N) is 4. The smallest absolute Gasteiger partial charge is 0.322 e. The summed E-state index contributed by atoms with van der Waals surface area (Å²) < 4.78 is 28.8. The number of carbonyl (C=O) groups excluding carboxylic acids is 6. The largest absolute Gasteiger partial charge is 0.497 e. The highest BCUT2D eigenvalue weighted by molar-refractivity contribution is 9.10. The minimum Gasteiger partial charge on any atom is -0.497 e. The van der Waals surface area contributed by atoms with Crippen molar-refractivity contribution in [3.8, 4) is 5.75 Å². The third-order valence-corrected chi connectivity index (χ3v) is 20.3. The van der Waals surface area contributed by atoms with Crippen molar-refractivity contribution in [2.45, 2.75) is 166 Å². The molecule has 4 aromatic heterocycles. The Morgan fingerprint density at radius 2 is 0.734 bits per heavy atom. The number of amides is 10. The molecule has 0 atom stereocenters. The van der Waals surface area contributed by atoms with Crippen LogP contribution >= 0.6 is 31.9 Å². The Hall–Kier alpha value is -10.1. The number of rotatable bonds is 19. The summed E-state index contributed by atoms with van der Waals surface area (Å²) in [5.74, 6) is 3.98. The van der Waals surface area contributed by atoms with Gasteiger partial charge < -0.3 is 82.9 Å². The average molecular weight is 1630 g/mol. The first-order valence-electron chi connectivity index (χ1n) is 35.6. The molecule has 8 heterocycles. The minimum atomic E-state index is -0.162. The second kappa shape index (κ2) is 45.0. The van der Waals surface area contributed by atoms with Crippen molar-refractivity contribution in [2.24, 2.45) is 0 Å². The number of methoxy groups -OCH3 is 1. The number of ether oxygens (including phenoxy) is 1. The van der Waals surface area contributed by atoms with E-state index in [0.29, 0.717) is 52.4 Å². The summed E-state index contributed by atoms with van der Waals surface area (Å²) in [4.78, 5) is 90.6. The van der Waals surface area contributed by atoms with E-state index in [2.05, 4.69) is 76.1 Å². The van der Waals surface area contributed by atoms with Crippen LogP contribution in [0.25, 0.3) is 0 Å². The predicted octanol–water partition coefficient (Wildman–Crippen LogP) is 19.7. The van der Waals surface area contributed by atoms with Crippen LogP contribution in [0, 0.1) is 6.92 Å². The van der Waals surface area contributed by atoms with Crippen LogP contribution in [0.1, 0.15) is 137 Å². The van der Waals surface area contributed by atoms with Gasteiger partial charge in [0.05, 0.1) is 64.0 Å². The maximum atomic E-state index is 13.0. The summed E-state index contributed by atoms with van der Waals surface area (Å²) in [6.45, 7) is 25.3. The van der Waals surface area contributed by atoms with Crippen LogP contribution in [-0.4, -0.2) is 159 Å². The van der Waals surface area contributed by atoms with Crippen molar-refractivity contribution in [3.63, 3.8) is 0 Å². The number of piperidine rings is 4. The molecular weight excluding hydrogens is 1510 g/mol. The Morgan fingerprint density at radius 1 is 0.413 bits per heavy atom. The minimum absolute atomic E-state index is 0. The maximum Gasteiger partial charge on any atom is 0.322 e. The fourth-order valence-electron chi connectivity index (χ4n) is 13.1. The van der Waals surface area contributed by atoms with E-state index in [1.54, 1.807) is 50.9 Å². The van der Waals surface area contributed by atoms with Crippen molar-refractivity contribution in [1.29, 1.82) is 0 Å². The summed E-state index contributed by atoms with van der Waals surface area (Å²) in [6.07, 6.45) is 13.2. The molecule has 4 fully saturated rings. The zero-order valence-electron chi connectivity index (χ0n) is 60.9. The molecular formula is C84H114Br2N12O11. The summed E-state index contributed by atoms with van der Waals surface area (Å²) in [5, 5.41) is 12.0. The van der Waals surface area contributed by atoms with Crippen molar-refractivity contribution in [1.82, 2.24) is 39.2 Å². The molecule has 109 heavy (non-hydrogen) atoms. The molecule has 8 aromatic rings. The standard InChI is InChI=1S/C21H27N3O3.C20H24BrN3O2.C20H25N3O3.C19H22BrN3O3.4CH4/c1-16(2)23-12-10-18(11-13-23)24(15-20-5-4-14-27-20)21(25)22-17-6-8-19(26-3)9-7-17;1-15(2)23-11-9-16(10-12-23)24(14-17-6-5-13-26-17)20(25)22-19-8-4-3-7-18(19)21;1-15-5-3-6-17(13-15)21-20(25)23(14-19-7-4-12-26-19)18-8-10-22(11-9-18)16(2)24;1-14(24)22-10-8-17(9-11-22)23(13-18-3-2-12-26-18)19(25)21-16-6-4-15(20)5-7-16;;;;/h4-9,14,18H,1,10-13,15H2,2-3H3,(H,22,25);3-8,13,16H,1,9-12,14H2,2H3,(H,22,25);3-7,12-13,18H,8-11,14H2,1-2H3,(H,21,25);2-7,12,17H,8-11,13H2,1H3,(H,21,25);4*1H4. The van der Waals surface area contributed by atoms with Crippen LogP contribution in [0.3, 0.4) is 0 Å². The van der Waals surface area contributed by atoms with Gasteiger partial charge in [-0.05, 0) is 215 Å². The van der Waals surface area contributed by atoms with Crippen LogP contribution in [-0.2, 0) is 35.8 Å². The van der Waals surface area contributed by atoms with Gasteiger partial charge in [0.2, 0.25) is 11.8 Å². The topological polar surface area (TPSA) is 238 Å². The Bertz CT molecular complexity index is 4030. The Morgan fingerprint density at radius 3 is 1.04 bits per heavy atom. The molecule has 4 N–H and O–H groups in total. The third-order valence-electron chi connectivity index (χ3n) is 19.1. The van der Waals surface area contributed by atoms with Crippen molar-refractivity contribution < 1.29 is 51.2 Å². The molecule has 25 heteroatoms. The highest BCUT2D eigenvalue weighted by atomic mass is 79.9. The van der Waals surface area contributed by atoms with Gasteiger partial charge in [-0.2, -0.15) is 0 Å². The number of hydrogen-bond donors (Lipinski definition) is 4. The molecule has 590 valence electrons. The van der Waals surface area contributed by atoms with E-state index in [1.165, 1.54) is 0 Å². The summed E-state index contributed by atoms with van der Waals surface area (Å²) >= 11 is 6.88. The average Bonchev–Trinajstić information content (AvgIpc) is 1.56. The fourth-order valence-corrected chi connectivity index (χ4v) is 13.8. The summed E-state index contributed by atoms with van der Waals surface area (Å²) in [5.41, 5.74) is 6.28. The van der Waals surface area contributed by atoms with Gasteiger partial charge in [0.1, 0.15) is 28.8 Å². The van der Waals surface area contributed by atoms with Crippen LogP contribution in [0.4, 0.5) is 41.9 Å². The fraction of sp³-hybridized carbons (Fsp3) is 0.405. The number of benzene rings is 4. The molecule has 10 amide bonds. The number of carbonyl (C=O) groups is 6. The Balaban J connectivity index is 0.000000257. The zero-order chi connectivity index (χ0) is 74.8. The number of aryl methyl sites for hydroxylation is 1. The number of hydrogen-bond acceptors (Lipinski definition) is 13. The van der Waals surface area contributed by atoms with Gasteiger partial charge in [0, 0.05) is 128 Å². The number of nitrogens with zero attached hydrogens (tertiary/aromatic N) is 8. The molecule has 0 aliphatic carbocycles. The van der Waals surface area contributed by atoms with Gasteiger partial charge in [0.25, 0.3) is 0 Å². The number of halogens is 2. The Labute approximate surface area is 662 Å². The van der Waals surface area contributed by atoms with E-state index in [0.717, 1.165) is 155 Å². The number of para-hydroxylation sites is 1. The second-order valence-corrected chi connectivity index (χ2v) is 28.3. The summed E-state index contributed by atoms with van der Waals surface area (Å²) in [7, 11) is 1.62. The number of anilines is 4. The molecule has 4 saturated heterocycles. The van der Waals surface area contributed by atoms with Gasteiger partial charge in [-0.25, -0.2) is 19.2 Å². The zero-order valence-corrected chi connectivity index (χ0v) is 64.0. The van der Waals surface area contributed by atoms with E-state index in [4.69, 9.17) is 22.4 Å². The lowest BCUT2D eigenvalue weighted by molar-refractivity contribution is -0.131. The van der Waals surface area contributed by atoms with Crippen molar-refractivity contribution in [3.05, 3.63) is 233 Å². The van der Waals surface area contributed by atoms with Crippen LogP contribution < -0.4 is 26.0 Å². The lowest BCUT2D eigenvalue weighted by Gasteiger charge is -2.39. The number of furan rings is 4. The van der Waals surface area contributed by atoms with Gasteiger partial charge >= 0.3 is 24.1 Å². The molecule has 0 unspecified atom stereocenters. The molecule has 0 spiro atoms. The first kappa shape index (κ1) is 89.5. The normalized spacial score (nSPS) is 14.3. The molecule has 0 bridgehead atoms.